The zero-order valence-corrected chi connectivity index (χ0v) is 8.52. The molecule has 0 radical (unpaired) electrons. The van der Waals surface area contributed by atoms with Crippen LogP contribution in [0.1, 0.15) is 22.8 Å². The molecule has 0 bridgehead atoms. The number of carbonyl (C=O) groups is 1. The van der Waals surface area contributed by atoms with Gasteiger partial charge in [0.05, 0.1) is 12.7 Å². The molecule has 1 aromatic heterocycles. The number of nitrogens with zero attached hydrogens (tertiary/aromatic N) is 1. The van der Waals surface area contributed by atoms with E-state index in [-0.39, 0.29) is 11.5 Å². The molecular formula is C11H11NO3. The summed E-state index contributed by atoms with van der Waals surface area (Å²) >= 11 is 0. The second-order valence-electron chi connectivity index (χ2n) is 3.61. The first-order valence-corrected chi connectivity index (χ1v) is 4.54. The number of allylic oxidation sites excluding steroid dienone is 1. The van der Waals surface area contributed by atoms with E-state index in [2.05, 4.69) is 4.98 Å². The second-order valence-corrected chi connectivity index (χ2v) is 3.61. The highest BCUT2D eigenvalue weighted by Gasteiger charge is 2.34. The molecule has 1 heterocycles. The summed E-state index contributed by atoms with van der Waals surface area (Å²) in [5, 5.41) is 10.1. The molecule has 1 aliphatic carbocycles. The molecule has 4 heteroatoms. The van der Waals surface area contributed by atoms with Gasteiger partial charge in [0.2, 0.25) is 5.78 Å². The van der Waals surface area contributed by atoms with Crippen LogP contribution < -0.4 is 0 Å². The van der Waals surface area contributed by atoms with Crippen LogP contribution in [0.25, 0.3) is 0 Å². The Bertz CT molecular complexity index is 449. The third kappa shape index (κ3) is 1.43. The molecule has 0 saturated heterocycles. The van der Waals surface area contributed by atoms with Crippen LogP contribution in [0.3, 0.4) is 0 Å². The van der Waals surface area contributed by atoms with Crippen molar-refractivity contribution in [2.45, 2.75) is 12.5 Å². The SMILES string of the molecule is COC1=CC(C)(O)c2ccncc2C1=O. The van der Waals surface area contributed by atoms with Gasteiger partial charge in [-0.1, -0.05) is 0 Å². The Kier molecular flexibility index (Phi) is 2.08. The van der Waals surface area contributed by atoms with Crippen molar-refractivity contribution in [3.8, 4) is 0 Å². The number of ether oxygens (including phenoxy) is 1. The molecule has 0 amide bonds. The maximum Gasteiger partial charge on any atom is 0.229 e. The van der Waals surface area contributed by atoms with E-state index in [0.717, 1.165) is 0 Å². The van der Waals surface area contributed by atoms with Gasteiger partial charge in [-0.15, -0.1) is 0 Å². The molecule has 1 aliphatic rings. The van der Waals surface area contributed by atoms with Gasteiger partial charge >= 0.3 is 0 Å². The molecule has 0 aromatic carbocycles. The van der Waals surface area contributed by atoms with Gasteiger partial charge in [-0.2, -0.15) is 0 Å². The summed E-state index contributed by atoms with van der Waals surface area (Å²) in [5.41, 5.74) is -0.234. The molecule has 0 saturated carbocycles. The van der Waals surface area contributed by atoms with Crippen LogP contribution in [-0.2, 0) is 10.3 Å². The third-order valence-corrected chi connectivity index (χ3v) is 2.47. The number of rotatable bonds is 1. The fourth-order valence-corrected chi connectivity index (χ4v) is 1.70. The van der Waals surface area contributed by atoms with Crippen molar-refractivity contribution in [1.82, 2.24) is 4.98 Å². The summed E-state index contributed by atoms with van der Waals surface area (Å²) in [7, 11) is 1.40. The third-order valence-electron chi connectivity index (χ3n) is 2.47. The molecule has 1 aromatic rings. The quantitative estimate of drug-likeness (QED) is 0.743. The van der Waals surface area contributed by atoms with Crippen molar-refractivity contribution < 1.29 is 14.6 Å². The Morgan fingerprint density at radius 3 is 2.93 bits per heavy atom. The van der Waals surface area contributed by atoms with Crippen LogP contribution in [0.2, 0.25) is 0 Å². The lowest BCUT2D eigenvalue weighted by molar-refractivity contribution is 0.0798. The number of aliphatic hydroxyl groups is 1. The Morgan fingerprint density at radius 2 is 2.27 bits per heavy atom. The van der Waals surface area contributed by atoms with E-state index in [9.17, 15) is 9.90 Å². The van der Waals surface area contributed by atoms with E-state index in [0.29, 0.717) is 11.1 Å². The van der Waals surface area contributed by atoms with Gasteiger partial charge in [0.25, 0.3) is 0 Å². The second kappa shape index (κ2) is 3.17. The van der Waals surface area contributed by atoms with Gasteiger partial charge in [0.1, 0.15) is 5.60 Å². The van der Waals surface area contributed by atoms with E-state index in [1.165, 1.54) is 19.4 Å². The number of methoxy groups -OCH3 is 1. The standard InChI is InChI=1S/C11H11NO3/c1-11(14)5-9(15-2)10(13)7-6-12-4-3-8(7)11/h3-6,14H,1-2H3. The molecule has 1 unspecified atom stereocenters. The van der Waals surface area contributed by atoms with E-state index in [1.54, 1.807) is 19.2 Å². The van der Waals surface area contributed by atoms with Crippen LogP contribution in [0.4, 0.5) is 0 Å². The van der Waals surface area contributed by atoms with E-state index < -0.39 is 5.60 Å². The molecule has 2 rings (SSSR count). The lowest BCUT2D eigenvalue weighted by atomic mass is 9.85. The van der Waals surface area contributed by atoms with Gasteiger partial charge in [-0.25, -0.2) is 0 Å². The van der Waals surface area contributed by atoms with Crippen molar-refractivity contribution in [2.24, 2.45) is 0 Å². The van der Waals surface area contributed by atoms with Gasteiger partial charge < -0.3 is 9.84 Å². The highest BCUT2D eigenvalue weighted by atomic mass is 16.5. The maximum atomic E-state index is 11.8. The normalized spacial score (nSPS) is 24.5. The highest BCUT2D eigenvalue weighted by Crippen LogP contribution is 2.32. The van der Waals surface area contributed by atoms with Crippen LogP contribution in [-0.4, -0.2) is 23.0 Å². The zero-order valence-electron chi connectivity index (χ0n) is 8.52. The summed E-state index contributed by atoms with van der Waals surface area (Å²) in [5.74, 6) is -0.0902. The van der Waals surface area contributed by atoms with E-state index in [1.807, 2.05) is 0 Å². The van der Waals surface area contributed by atoms with Gasteiger partial charge in [-0.05, 0) is 19.1 Å². The fraction of sp³-hybridized carbons (Fsp3) is 0.273. The van der Waals surface area contributed by atoms with Crippen molar-refractivity contribution in [1.29, 1.82) is 0 Å². The first kappa shape index (κ1) is 9.86. The van der Waals surface area contributed by atoms with E-state index in [4.69, 9.17) is 4.74 Å². The minimum atomic E-state index is -1.18. The number of ketones is 1. The molecule has 4 nitrogen and oxygen atoms in total. The van der Waals surface area contributed by atoms with Crippen LogP contribution in [0.5, 0.6) is 0 Å². The van der Waals surface area contributed by atoms with Crippen molar-refractivity contribution >= 4 is 5.78 Å². The average molecular weight is 205 g/mol. The number of Topliss-reactive ketones (excluding diaryl/α,β-unsaturated/α-hetero) is 1. The number of pyridine rings is 1. The molecule has 0 aliphatic heterocycles. The predicted molar refractivity (Wildman–Crippen MR) is 53.2 cm³/mol. The molecule has 1 N–H and O–H groups in total. The van der Waals surface area contributed by atoms with Crippen LogP contribution in [0, 0.1) is 0 Å². The summed E-state index contributed by atoms with van der Waals surface area (Å²) in [6.07, 6.45) is 4.40. The first-order valence-electron chi connectivity index (χ1n) is 4.54. The summed E-state index contributed by atoms with van der Waals surface area (Å²) < 4.78 is 4.92. The highest BCUT2D eigenvalue weighted by molar-refractivity contribution is 6.09. The molecule has 0 fully saturated rings. The first-order chi connectivity index (χ1) is 7.06. The molecule has 0 spiro atoms. The minimum Gasteiger partial charge on any atom is -0.493 e. The van der Waals surface area contributed by atoms with Crippen LogP contribution in [0.15, 0.2) is 30.3 Å². The Morgan fingerprint density at radius 1 is 1.53 bits per heavy atom. The lowest BCUT2D eigenvalue weighted by Gasteiger charge is -2.27. The van der Waals surface area contributed by atoms with Gasteiger partial charge in [0.15, 0.2) is 5.76 Å². The Balaban J connectivity index is 2.65. The largest absolute Gasteiger partial charge is 0.493 e. The predicted octanol–water partition coefficient (Wildman–Crippen LogP) is 1.02. The van der Waals surface area contributed by atoms with E-state index >= 15 is 0 Å². The van der Waals surface area contributed by atoms with Crippen molar-refractivity contribution in [3.63, 3.8) is 0 Å². The number of fused-ring (bicyclic) bond motifs is 1. The molecule has 15 heavy (non-hydrogen) atoms. The minimum absolute atomic E-state index is 0.153. The number of hydrogen-bond acceptors (Lipinski definition) is 4. The number of aromatic nitrogens is 1. The maximum absolute atomic E-state index is 11.8. The zero-order chi connectivity index (χ0) is 11.1. The number of carbonyl (C=O) groups excluding carboxylic acids is 1. The molecular weight excluding hydrogens is 194 g/mol. The van der Waals surface area contributed by atoms with Gasteiger partial charge in [-0.3, -0.25) is 9.78 Å². The summed E-state index contributed by atoms with van der Waals surface area (Å²) in [6.45, 7) is 1.61. The number of hydrogen-bond donors (Lipinski definition) is 1. The van der Waals surface area contributed by atoms with Crippen molar-refractivity contribution in [3.05, 3.63) is 41.4 Å². The topological polar surface area (TPSA) is 59.4 Å². The fourth-order valence-electron chi connectivity index (χ4n) is 1.70. The van der Waals surface area contributed by atoms with Crippen LogP contribution >= 0.6 is 0 Å². The summed E-state index contributed by atoms with van der Waals surface area (Å²) in [4.78, 5) is 15.7. The Hall–Kier alpha value is -1.68. The average Bonchev–Trinajstić information content (AvgIpc) is 2.24. The monoisotopic (exact) mass is 205 g/mol. The Labute approximate surface area is 87.2 Å². The lowest BCUT2D eigenvalue weighted by Crippen LogP contribution is -2.28. The summed E-state index contributed by atoms with van der Waals surface area (Å²) in [6, 6.07) is 1.64. The van der Waals surface area contributed by atoms with Gasteiger partial charge in [0, 0.05) is 18.0 Å². The molecule has 1 atom stereocenters. The smallest absolute Gasteiger partial charge is 0.229 e. The molecule has 78 valence electrons. The van der Waals surface area contributed by atoms with Crippen molar-refractivity contribution in [2.75, 3.05) is 7.11 Å².